The Balaban J connectivity index is 1.37. The number of rotatable bonds is 9. The molecule has 0 fully saturated rings. The monoisotopic (exact) mass is 696 g/mol. The number of methoxy groups -OCH3 is 2. The summed E-state index contributed by atoms with van der Waals surface area (Å²) < 4.78 is 40.5. The van der Waals surface area contributed by atoms with Crippen molar-refractivity contribution in [1.82, 2.24) is 0 Å². The fraction of sp³-hybridized carbons (Fsp3) is 0.244. The fourth-order valence-electron chi connectivity index (χ4n) is 7.89. The minimum atomic E-state index is -1.01. The molecular formula is C45H41FO4S. The zero-order valence-corrected chi connectivity index (χ0v) is 30.7. The van der Waals surface area contributed by atoms with Gasteiger partial charge in [-0.3, -0.25) is 0 Å². The molecule has 2 aliphatic rings. The molecule has 258 valence electrons. The van der Waals surface area contributed by atoms with Gasteiger partial charge in [-0.05, 0) is 95.8 Å². The first-order valence-corrected chi connectivity index (χ1v) is 18.4. The molecule has 2 heterocycles. The Morgan fingerprint density at radius 3 is 2.20 bits per heavy atom. The average molecular weight is 697 g/mol. The number of halogens is 1. The van der Waals surface area contributed by atoms with Gasteiger partial charge in [0.05, 0.1) is 26.2 Å². The number of thiophene rings is 1. The Morgan fingerprint density at radius 1 is 0.824 bits per heavy atom. The summed E-state index contributed by atoms with van der Waals surface area (Å²) in [5.41, 5.74) is 7.05. The van der Waals surface area contributed by atoms with Crippen molar-refractivity contribution >= 4 is 28.2 Å². The number of aryl methyl sites for hydroxylation is 1. The second-order valence-corrected chi connectivity index (χ2v) is 15.2. The van der Waals surface area contributed by atoms with E-state index in [4.69, 9.17) is 18.9 Å². The van der Waals surface area contributed by atoms with Crippen molar-refractivity contribution in [1.29, 1.82) is 0 Å². The predicted molar refractivity (Wildman–Crippen MR) is 206 cm³/mol. The van der Waals surface area contributed by atoms with Crippen molar-refractivity contribution in [3.63, 3.8) is 0 Å². The van der Waals surface area contributed by atoms with Crippen molar-refractivity contribution in [2.75, 3.05) is 20.8 Å². The summed E-state index contributed by atoms with van der Waals surface area (Å²) >= 11 is 1.79. The maximum atomic E-state index is 15.6. The van der Waals surface area contributed by atoms with Crippen LogP contribution in [0.15, 0.2) is 97.1 Å². The molecule has 1 aromatic heterocycles. The molecule has 0 saturated heterocycles. The molecule has 4 nitrogen and oxygen atoms in total. The Hall–Kier alpha value is -5.07. The minimum absolute atomic E-state index is 0.357. The molecule has 8 rings (SSSR count). The van der Waals surface area contributed by atoms with Crippen LogP contribution in [0.4, 0.5) is 4.39 Å². The van der Waals surface area contributed by atoms with Crippen LogP contribution in [0.5, 0.6) is 23.0 Å². The Labute approximate surface area is 303 Å². The lowest BCUT2D eigenvalue weighted by Crippen LogP contribution is -2.35. The second-order valence-electron chi connectivity index (χ2n) is 13.9. The topological polar surface area (TPSA) is 36.9 Å². The maximum absolute atomic E-state index is 15.6. The van der Waals surface area contributed by atoms with Crippen LogP contribution in [0.1, 0.15) is 66.3 Å². The van der Waals surface area contributed by atoms with Gasteiger partial charge >= 0.3 is 0 Å². The Morgan fingerprint density at radius 2 is 1.55 bits per heavy atom. The normalized spacial score (nSPS) is 16.7. The van der Waals surface area contributed by atoms with Gasteiger partial charge in [0.2, 0.25) is 0 Å². The van der Waals surface area contributed by atoms with Crippen molar-refractivity contribution in [3.05, 3.63) is 136 Å². The third kappa shape index (κ3) is 5.31. The Kier molecular flexibility index (Phi) is 8.18. The largest absolute Gasteiger partial charge is 0.497 e. The first kappa shape index (κ1) is 33.1. The summed E-state index contributed by atoms with van der Waals surface area (Å²) in [5, 5.41) is 1.52. The predicted octanol–water partition coefficient (Wildman–Crippen LogP) is 11.9. The quantitative estimate of drug-likeness (QED) is 0.141. The van der Waals surface area contributed by atoms with Crippen molar-refractivity contribution < 1.29 is 23.3 Å². The molecule has 6 heteroatoms. The molecule has 0 bridgehead atoms. The highest BCUT2D eigenvalue weighted by atomic mass is 32.1. The van der Waals surface area contributed by atoms with E-state index in [1.54, 1.807) is 31.6 Å². The van der Waals surface area contributed by atoms with Gasteiger partial charge in [0.15, 0.2) is 5.60 Å². The first-order chi connectivity index (χ1) is 24.7. The zero-order chi connectivity index (χ0) is 35.5. The van der Waals surface area contributed by atoms with Crippen LogP contribution in [-0.2, 0) is 11.0 Å². The van der Waals surface area contributed by atoms with E-state index in [2.05, 4.69) is 82.3 Å². The van der Waals surface area contributed by atoms with Gasteiger partial charge in [0.1, 0.15) is 28.8 Å². The molecule has 1 atom stereocenters. The SMILES string of the molecule is CCCCOc1ccc(C2(c3ccc(OC)cc3)C=Cc3c4c(c5cc(F)cc(OC)c5c3O2)-c2ccc(-c3ccc(C)s3)cc2C4(C)C)cc1. The van der Waals surface area contributed by atoms with Gasteiger partial charge in [-0.1, -0.05) is 69.7 Å². The molecule has 0 N–H and O–H groups in total. The second kappa shape index (κ2) is 12.6. The van der Waals surface area contributed by atoms with Gasteiger partial charge in [0.25, 0.3) is 0 Å². The van der Waals surface area contributed by atoms with Gasteiger partial charge in [0, 0.05) is 43.3 Å². The number of benzene rings is 5. The van der Waals surface area contributed by atoms with E-state index in [1.807, 2.05) is 36.4 Å². The molecule has 5 aromatic carbocycles. The van der Waals surface area contributed by atoms with Gasteiger partial charge < -0.3 is 18.9 Å². The Bertz CT molecular complexity index is 2320. The number of unbranched alkanes of at least 4 members (excludes halogenated alkanes) is 1. The number of ether oxygens (including phenoxy) is 4. The third-order valence-corrected chi connectivity index (χ3v) is 11.5. The standard InChI is InChI=1S/C45H41FO4S/c1-7-8-23-49-33-17-13-30(14-18-33)45(29-11-15-32(47-5)16-12-29)22-21-35-42-40(36-25-31(46)26-38(48-6)41(36)43(35)50-45)34-19-10-28(24-37(34)44(42,3)4)39-20-9-27(2)51-39/h9-22,24-26H,7-8,23H2,1-6H3. The molecule has 1 aliphatic heterocycles. The molecule has 0 amide bonds. The lowest BCUT2D eigenvalue weighted by molar-refractivity contribution is 0.162. The summed E-state index contributed by atoms with van der Waals surface area (Å²) in [5.74, 6) is 2.31. The molecule has 1 aliphatic carbocycles. The van der Waals surface area contributed by atoms with Crippen molar-refractivity contribution in [2.45, 2.75) is 51.6 Å². The minimum Gasteiger partial charge on any atom is -0.497 e. The van der Waals surface area contributed by atoms with Crippen LogP contribution in [0, 0.1) is 12.7 Å². The summed E-state index contributed by atoms with van der Waals surface area (Å²) in [6.07, 6.45) is 6.42. The molecule has 6 aromatic rings. The maximum Gasteiger partial charge on any atom is 0.178 e. The summed E-state index contributed by atoms with van der Waals surface area (Å²) in [6.45, 7) is 9.49. The number of fused-ring (bicyclic) bond motifs is 8. The molecular weight excluding hydrogens is 656 g/mol. The van der Waals surface area contributed by atoms with E-state index in [0.29, 0.717) is 18.1 Å². The molecule has 0 saturated carbocycles. The van der Waals surface area contributed by atoms with Gasteiger partial charge in [-0.15, -0.1) is 11.3 Å². The molecule has 0 radical (unpaired) electrons. The van der Waals surface area contributed by atoms with Crippen molar-refractivity contribution in [3.8, 4) is 44.6 Å². The van der Waals surface area contributed by atoms with Crippen LogP contribution in [0.3, 0.4) is 0 Å². The first-order valence-electron chi connectivity index (χ1n) is 17.5. The lowest BCUT2D eigenvalue weighted by atomic mass is 9.76. The van der Waals surface area contributed by atoms with Gasteiger partial charge in [-0.2, -0.15) is 0 Å². The number of hydrogen-bond donors (Lipinski definition) is 0. The van der Waals surface area contributed by atoms with Crippen LogP contribution in [-0.4, -0.2) is 20.8 Å². The van der Waals surface area contributed by atoms with Crippen LogP contribution in [0.2, 0.25) is 0 Å². The van der Waals surface area contributed by atoms with E-state index < -0.39 is 11.0 Å². The fourth-order valence-corrected chi connectivity index (χ4v) is 8.75. The number of hydrogen-bond acceptors (Lipinski definition) is 5. The molecule has 1 unspecified atom stereocenters. The highest BCUT2D eigenvalue weighted by molar-refractivity contribution is 7.15. The van der Waals surface area contributed by atoms with E-state index in [0.717, 1.165) is 68.5 Å². The lowest BCUT2D eigenvalue weighted by Gasteiger charge is -2.38. The van der Waals surface area contributed by atoms with Crippen LogP contribution < -0.4 is 18.9 Å². The van der Waals surface area contributed by atoms with Crippen LogP contribution in [0.25, 0.3) is 38.4 Å². The summed E-state index contributed by atoms with van der Waals surface area (Å²) in [7, 11) is 3.26. The highest BCUT2D eigenvalue weighted by Crippen LogP contribution is 2.60. The van der Waals surface area contributed by atoms with Gasteiger partial charge in [-0.25, -0.2) is 4.39 Å². The molecule has 0 spiro atoms. The zero-order valence-electron chi connectivity index (χ0n) is 29.9. The smallest absolute Gasteiger partial charge is 0.178 e. The molecule has 51 heavy (non-hydrogen) atoms. The van der Waals surface area contributed by atoms with E-state index in [-0.39, 0.29) is 5.82 Å². The van der Waals surface area contributed by atoms with E-state index in [9.17, 15) is 0 Å². The van der Waals surface area contributed by atoms with Crippen LogP contribution >= 0.6 is 11.3 Å². The third-order valence-electron chi connectivity index (χ3n) is 10.5. The average Bonchev–Trinajstić information content (AvgIpc) is 3.69. The van der Waals surface area contributed by atoms with E-state index >= 15 is 4.39 Å². The van der Waals surface area contributed by atoms with E-state index in [1.165, 1.54) is 26.9 Å². The summed E-state index contributed by atoms with van der Waals surface area (Å²) in [6, 6.07) is 30.3. The summed E-state index contributed by atoms with van der Waals surface area (Å²) in [4.78, 5) is 2.51. The van der Waals surface area contributed by atoms with Crippen molar-refractivity contribution in [2.24, 2.45) is 0 Å². The highest BCUT2D eigenvalue weighted by Gasteiger charge is 2.45.